The van der Waals surface area contributed by atoms with Gasteiger partial charge >= 0.3 is 0 Å². The molecule has 0 spiro atoms. The van der Waals surface area contributed by atoms with Crippen molar-refractivity contribution in [2.24, 2.45) is 0 Å². The Labute approximate surface area is 175 Å². The van der Waals surface area contributed by atoms with Gasteiger partial charge in [-0.2, -0.15) is 5.10 Å². The quantitative estimate of drug-likeness (QED) is 0.489. The van der Waals surface area contributed by atoms with E-state index in [-0.39, 0.29) is 5.91 Å². The fourth-order valence-corrected chi connectivity index (χ4v) is 3.23. The fraction of sp³-hybridized carbons (Fsp3) is 0.120. The Hall–Kier alpha value is -3.86. The Morgan fingerprint density at radius 3 is 2.30 bits per heavy atom. The largest absolute Gasteiger partial charge is 0.497 e. The first kappa shape index (κ1) is 19.5. The summed E-state index contributed by atoms with van der Waals surface area (Å²) in [6.07, 6.45) is 0. The predicted molar refractivity (Wildman–Crippen MR) is 119 cm³/mol. The maximum atomic E-state index is 13.2. The van der Waals surface area contributed by atoms with Gasteiger partial charge in [0.25, 0.3) is 5.91 Å². The lowest BCUT2D eigenvalue weighted by molar-refractivity contribution is 0.101. The minimum atomic E-state index is -0.214. The van der Waals surface area contributed by atoms with Crippen molar-refractivity contribution in [3.8, 4) is 22.7 Å². The van der Waals surface area contributed by atoms with E-state index in [2.05, 4.69) is 5.32 Å². The lowest BCUT2D eigenvalue weighted by Gasteiger charge is -2.09. The number of hydrogen-bond acceptors (Lipinski definition) is 3. The Balaban J connectivity index is 1.73. The maximum Gasteiger partial charge on any atom is 0.274 e. The SMILES string of the molecule is COc1ccc(-c2cc(C(=O)Nc3ccc(C)c(C)c3)n(-c3ccccc3)n2)cc1. The van der Waals surface area contributed by atoms with E-state index in [9.17, 15) is 4.79 Å². The molecule has 30 heavy (non-hydrogen) atoms. The Morgan fingerprint density at radius 1 is 0.900 bits per heavy atom. The number of para-hydroxylation sites is 1. The van der Waals surface area contributed by atoms with Crippen LogP contribution in [0.1, 0.15) is 21.6 Å². The summed E-state index contributed by atoms with van der Waals surface area (Å²) in [6, 6.07) is 25.0. The van der Waals surface area contributed by atoms with Crippen molar-refractivity contribution < 1.29 is 9.53 Å². The summed E-state index contributed by atoms with van der Waals surface area (Å²) in [7, 11) is 1.63. The lowest BCUT2D eigenvalue weighted by atomic mass is 10.1. The molecular formula is C25H23N3O2. The normalized spacial score (nSPS) is 10.6. The Kier molecular flexibility index (Phi) is 5.35. The highest BCUT2D eigenvalue weighted by molar-refractivity contribution is 6.04. The molecule has 5 heteroatoms. The van der Waals surface area contributed by atoms with Gasteiger partial charge in [-0.15, -0.1) is 0 Å². The minimum absolute atomic E-state index is 0.214. The molecule has 1 amide bonds. The minimum Gasteiger partial charge on any atom is -0.497 e. The van der Waals surface area contributed by atoms with E-state index >= 15 is 0 Å². The molecule has 5 nitrogen and oxygen atoms in total. The van der Waals surface area contributed by atoms with Crippen LogP contribution < -0.4 is 10.1 Å². The molecule has 0 fully saturated rings. The highest BCUT2D eigenvalue weighted by atomic mass is 16.5. The second kappa shape index (κ2) is 8.25. The number of carbonyl (C=O) groups excluding carboxylic acids is 1. The summed E-state index contributed by atoms with van der Waals surface area (Å²) in [4.78, 5) is 13.2. The molecule has 0 aliphatic rings. The van der Waals surface area contributed by atoms with Gasteiger partial charge in [0.05, 0.1) is 18.5 Å². The fourth-order valence-electron chi connectivity index (χ4n) is 3.23. The first-order chi connectivity index (χ1) is 14.5. The predicted octanol–water partition coefficient (Wildman–Crippen LogP) is 5.42. The van der Waals surface area contributed by atoms with Gasteiger partial charge in [0.2, 0.25) is 0 Å². The van der Waals surface area contributed by atoms with Crippen LogP contribution in [0.5, 0.6) is 5.75 Å². The van der Waals surface area contributed by atoms with E-state index in [1.54, 1.807) is 11.8 Å². The van der Waals surface area contributed by atoms with Crippen molar-refractivity contribution in [3.05, 3.63) is 95.7 Å². The topological polar surface area (TPSA) is 56.1 Å². The van der Waals surface area contributed by atoms with Gasteiger partial charge in [0.1, 0.15) is 11.4 Å². The number of hydrogen-bond donors (Lipinski definition) is 1. The van der Waals surface area contributed by atoms with E-state index in [4.69, 9.17) is 9.84 Å². The molecule has 1 aromatic heterocycles. The summed E-state index contributed by atoms with van der Waals surface area (Å²) in [6.45, 7) is 4.08. The number of carbonyl (C=O) groups is 1. The molecule has 0 radical (unpaired) electrons. The molecule has 4 aromatic rings. The van der Waals surface area contributed by atoms with Crippen molar-refractivity contribution >= 4 is 11.6 Å². The number of methoxy groups -OCH3 is 1. The van der Waals surface area contributed by atoms with Crippen LogP contribution in [0.15, 0.2) is 78.9 Å². The Bertz CT molecular complexity index is 1180. The molecule has 0 saturated carbocycles. The molecular weight excluding hydrogens is 374 g/mol. The molecule has 1 N–H and O–H groups in total. The van der Waals surface area contributed by atoms with Gasteiger partial charge in [-0.05, 0) is 79.6 Å². The third-order valence-electron chi connectivity index (χ3n) is 5.09. The second-order valence-electron chi connectivity index (χ2n) is 7.14. The van der Waals surface area contributed by atoms with Crippen molar-refractivity contribution in [2.75, 3.05) is 12.4 Å². The van der Waals surface area contributed by atoms with Crippen molar-refractivity contribution in [1.82, 2.24) is 9.78 Å². The summed E-state index contributed by atoms with van der Waals surface area (Å²) in [5.41, 5.74) is 5.98. The van der Waals surface area contributed by atoms with E-state index in [0.717, 1.165) is 28.3 Å². The molecule has 0 aliphatic heterocycles. The van der Waals surface area contributed by atoms with E-state index in [1.165, 1.54) is 5.56 Å². The highest BCUT2D eigenvalue weighted by Gasteiger charge is 2.18. The van der Waals surface area contributed by atoms with Crippen LogP contribution in [0.25, 0.3) is 16.9 Å². The molecule has 0 aliphatic carbocycles. The molecule has 1 heterocycles. The van der Waals surface area contributed by atoms with Crippen molar-refractivity contribution in [3.63, 3.8) is 0 Å². The second-order valence-corrected chi connectivity index (χ2v) is 7.14. The van der Waals surface area contributed by atoms with Gasteiger partial charge in [-0.1, -0.05) is 24.3 Å². The lowest BCUT2D eigenvalue weighted by Crippen LogP contribution is -2.17. The van der Waals surface area contributed by atoms with Crippen molar-refractivity contribution in [2.45, 2.75) is 13.8 Å². The molecule has 150 valence electrons. The summed E-state index contributed by atoms with van der Waals surface area (Å²) in [5.74, 6) is 0.559. The number of amides is 1. The molecule has 0 unspecified atom stereocenters. The van der Waals surface area contributed by atoms with Crippen LogP contribution in [-0.4, -0.2) is 22.8 Å². The number of benzene rings is 3. The van der Waals surface area contributed by atoms with Gasteiger partial charge in [0.15, 0.2) is 0 Å². The van der Waals surface area contributed by atoms with Crippen LogP contribution in [-0.2, 0) is 0 Å². The van der Waals surface area contributed by atoms with Crippen LogP contribution in [0, 0.1) is 13.8 Å². The number of aryl methyl sites for hydroxylation is 2. The average molecular weight is 397 g/mol. The standard InChI is InChI=1S/C25H23N3O2/c1-17-9-12-20(15-18(17)2)26-25(29)24-16-23(19-10-13-22(30-3)14-11-19)27-28(24)21-7-5-4-6-8-21/h4-16H,1-3H3,(H,26,29). The van der Waals surface area contributed by atoms with Crippen LogP contribution >= 0.6 is 0 Å². The third-order valence-corrected chi connectivity index (χ3v) is 5.09. The average Bonchev–Trinajstić information content (AvgIpc) is 3.23. The first-order valence-corrected chi connectivity index (χ1v) is 9.73. The zero-order valence-electron chi connectivity index (χ0n) is 17.2. The molecule has 0 bridgehead atoms. The molecule has 0 atom stereocenters. The Morgan fingerprint density at radius 2 is 1.63 bits per heavy atom. The zero-order chi connectivity index (χ0) is 21.1. The van der Waals surface area contributed by atoms with Gasteiger partial charge < -0.3 is 10.1 Å². The molecule has 3 aromatic carbocycles. The smallest absolute Gasteiger partial charge is 0.274 e. The van der Waals surface area contributed by atoms with E-state index in [1.807, 2.05) is 92.7 Å². The highest BCUT2D eigenvalue weighted by Crippen LogP contribution is 2.25. The van der Waals surface area contributed by atoms with E-state index < -0.39 is 0 Å². The summed E-state index contributed by atoms with van der Waals surface area (Å²) >= 11 is 0. The summed E-state index contributed by atoms with van der Waals surface area (Å²) in [5, 5.41) is 7.72. The number of rotatable bonds is 5. The number of ether oxygens (including phenoxy) is 1. The first-order valence-electron chi connectivity index (χ1n) is 9.73. The number of aromatic nitrogens is 2. The number of nitrogens with zero attached hydrogens (tertiary/aromatic N) is 2. The third kappa shape index (κ3) is 3.96. The van der Waals surface area contributed by atoms with Crippen molar-refractivity contribution in [1.29, 1.82) is 0 Å². The van der Waals surface area contributed by atoms with Crippen LogP contribution in [0.4, 0.5) is 5.69 Å². The molecule has 4 rings (SSSR count). The van der Waals surface area contributed by atoms with E-state index in [0.29, 0.717) is 11.4 Å². The van der Waals surface area contributed by atoms with Crippen LogP contribution in [0.3, 0.4) is 0 Å². The van der Waals surface area contributed by atoms with Gasteiger partial charge in [-0.25, -0.2) is 4.68 Å². The summed E-state index contributed by atoms with van der Waals surface area (Å²) < 4.78 is 6.91. The monoisotopic (exact) mass is 397 g/mol. The number of anilines is 1. The van der Waals surface area contributed by atoms with Crippen LogP contribution in [0.2, 0.25) is 0 Å². The molecule has 0 saturated heterocycles. The maximum absolute atomic E-state index is 13.2. The van der Waals surface area contributed by atoms with Gasteiger partial charge in [0, 0.05) is 11.3 Å². The van der Waals surface area contributed by atoms with Gasteiger partial charge in [-0.3, -0.25) is 4.79 Å². The zero-order valence-corrected chi connectivity index (χ0v) is 17.2. The number of nitrogens with one attached hydrogen (secondary N) is 1.